The summed E-state index contributed by atoms with van der Waals surface area (Å²) in [4.78, 5) is 16.7. The minimum atomic E-state index is -2.95. The van der Waals surface area contributed by atoms with Crippen LogP contribution in [0.25, 0.3) is 22.2 Å². The summed E-state index contributed by atoms with van der Waals surface area (Å²) in [6.45, 7) is 0. The maximum Gasteiger partial charge on any atom is 0.227 e. The van der Waals surface area contributed by atoms with E-state index in [1.165, 1.54) is 12.5 Å². The lowest BCUT2D eigenvalue weighted by atomic mass is 10.1. The first-order valence-corrected chi connectivity index (χ1v) is 12.6. The summed E-state index contributed by atoms with van der Waals surface area (Å²) in [5.41, 5.74) is 2.92. The van der Waals surface area contributed by atoms with Crippen molar-refractivity contribution >= 4 is 43.9 Å². The van der Waals surface area contributed by atoms with Gasteiger partial charge in [0.1, 0.15) is 0 Å². The van der Waals surface area contributed by atoms with Crippen LogP contribution in [0.3, 0.4) is 0 Å². The molecule has 2 aromatic carbocycles. The first-order valence-electron chi connectivity index (χ1n) is 10.2. The van der Waals surface area contributed by atoms with Crippen LogP contribution in [0.2, 0.25) is 5.02 Å². The summed E-state index contributed by atoms with van der Waals surface area (Å²) in [5.74, 6) is 0.989. The van der Waals surface area contributed by atoms with Gasteiger partial charge in [0.05, 0.1) is 37.2 Å². The van der Waals surface area contributed by atoms with E-state index in [0.29, 0.717) is 38.9 Å². The van der Waals surface area contributed by atoms with E-state index in [4.69, 9.17) is 21.1 Å². The highest BCUT2D eigenvalue weighted by atomic mass is 35.5. The fraction of sp³-hybridized carbons (Fsp3) is 0.0417. The Hall–Kier alpha value is -3.95. The average molecular weight is 491 g/mol. The van der Waals surface area contributed by atoms with Crippen molar-refractivity contribution in [3.8, 4) is 22.9 Å². The summed E-state index contributed by atoms with van der Waals surface area (Å²) in [5, 5.41) is 4.56. The fourth-order valence-corrected chi connectivity index (χ4v) is 4.31. The molecule has 3 N–H and O–H groups in total. The minimum Gasteiger partial charge on any atom is -0.437 e. The van der Waals surface area contributed by atoms with E-state index in [-0.39, 0.29) is 0 Å². The van der Waals surface area contributed by atoms with E-state index in [2.05, 4.69) is 25.3 Å². The van der Waals surface area contributed by atoms with Crippen molar-refractivity contribution in [3.63, 3.8) is 0 Å². The van der Waals surface area contributed by atoms with E-state index in [1.54, 1.807) is 42.6 Å². The molecule has 0 radical (unpaired) electrons. The van der Waals surface area contributed by atoms with Crippen LogP contribution in [0.1, 0.15) is 0 Å². The molecule has 10 heteroatoms. The van der Waals surface area contributed by atoms with Crippen molar-refractivity contribution in [1.29, 1.82) is 4.78 Å². The van der Waals surface area contributed by atoms with E-state index in [9.17, 15) is 4.21 Å². The van der Waals surface area contributed by atoms with Crippen LogP contribution in [0, 0.1) is 4.78 Å². The highest BCUT2D eigenvalue weighted by molar-refractivity contribution is 7.91. The number of aromatic nitrogens is 4. The quantitative estimate of drug-likeness (QED) is 0.259. The Morgan fingerprint density at radius 1 is 1.09 bits per heavy atom. The second-order valence-electron chi connectivity index (χ2n) is 7.53. The van der Waals surface area contributed by atoms with Crippen molar-refractivity contribution < 1.29 is 8.95 Å². The Bertz CT molecular complexity index is 1600. The number of halogens is 1. The fourth-order valence-electron chi connectivity index (χ4n) is 3.46. The zero-order valence-corrected chi connectivity index (χ0v) is 19.5. The monoisotopic (exact) mass is 490 g/mol. The van der Waals surface area contributed by atoms with Gasteiger partial charge in [0.15, 0.2) is 5.75 Å². The third-order valence-electron chi connectivity index (χ3n) is 5.09. The lowest BCUT2D eigenvalue weighted by Crippen LogP contribution is -2.02. The van der Waals surface area contributed by atoms with E-state index < -0.39 is 9.73 Å². The number of pyridine rings is 1. The van der Waals surface area contributed by atoms with Gasteiger partial charge in [-0.05, 0) is 24.3 Å². The van der Waals surface area contributed by atoms with E-state index in [0.717, 1.165) is 16.5 Å². The molecule has 0 aliphatic rings. The number of ether oxygens (including phenoxy) is 1. The van der Waals surface area contributed by atoms with Gasteiger partial charge in [-0.25, -0.2) is 23.9 Å². The number of nitrogens with one attached hydrogen (secondary N) is 3. The van der Waals surface area contributed by atoms with Gasteiger partial charge in [0, 0.05) is 47.2 Å². The van der Waals surface area contributed by atoms with Gasteiger partial charge in [-0.2, -0.15) is 0 Å². The molecule has 170 valence electrons. The third-order valence-corrected chi connectivity index (χ3v) is 6.52. The third kappa shape index (κ3) is 4.43. The SMILES string of the molecule is CS(=N)(=O)c1ccc(Nc2ncc(Cl)c(-c3c[nH]c4ccccc34)n2)c(Oc2ccccn2)c1. The molecule has 1 unspecified atom stereocenters. The average Bonchev–Trinajstić information content (AvgIpc) is 3.25. The van der Waals surface area contributed by atoms with Crippen molar-refractivity contribution in [2.45, 2.75) is 4.90 Å². The zero-order chi connectivity index (χ0) is 23.7. The van der Waals surface area contributed by atoms with Crippen LogP contribution >= 0.6 is 11.6 Å². The molecule has 3 heterocycles. The Kier molecular flexibility index (Phi) is 5.64. The van der Waals surface area contributed by atoms with Gasteiger partial charge >= 0.3 is 0 Å². The molecule has 0 amide bonds. The largest absolute Gasteiger partial charge is 0.437 e. The number of hydrogen-bond acceptors (Lipinski definition) is 7. The molecule has 0 bridgehead atoms. The number of anilines is 2. The zero-order valence-electron chi connectivity index (χ0n) is 17.9. The normalized spacial score (nSPS) is 12.9. The number of hydrogen-bond donors (Lipinski definition) is 3. The van der Waals surface area contributed by atoms with Crippen molar-refractivity contribution in [1.82, 2.24) is 19.9 Å². The minimum absolute atomic E-state index is 0.298. The summed E-state index contributed by atoms with van der Waals surface area (Å²) in [6, 6.07) is 18.0. The summed E-state index contributed by atoms with van der Waals surface area (Å²) >= 11 is 6.45. The maximum atomic E-state index is 12.3. The molecule has 34 heavy (non-hydrogen) atoms. The number of fused-ring (bicyclic) bond motifs is 1. The Morgan fingerprint density at radius 3 is 2.71 bits per heavy atom. The summed E-state index contributed by atoms with van der Waals surface area (Å²) < 4.78 is 26.2. The number of para-hydroxylation sites is 1. The van der Waals surface area contributed by atoms with Crippen LogP contribution in [0.4, 0.5) is 11.6 Å². The van der Waals surface area contributed by atoms with Gasteiger partial charge in [-0.1, -0.05) is 35.9 Å². The standard InChI is InChI=1S/C24H19ClN6O2S/c1-34(26,32)15-9-10-20(21(12-15)33-22-8-4-5-11-27-22)30-24-29-14-18(25)23(31-24)17-13-28-19-7-3-2-6-16(17)19/h2-14,26,28H,1H3,(H,29,30,31). The topological polar surface area (TPSA) is 117 Å². The van der Waals surface area contributed by atoms with Gasteiger partial charge in [-0.15, -0.1) is 0 Å². The highest BCUT2D eigenvalue weighted by Gasteiger charge is 2.16. The van der Waals surface area contributed by atoms with Crippen LogP contribution in [-0.4, -0.2) is 30.4 Å². The molecule has 3 aromatic heterocycles. The predicted octanol–water partition coefficient (Wildman–Crippen LogP) is 6.24. The number of benzene rings is 2. The second-order valence-corrected chi connectivity index (χ2v) is 10.1. The molecule has 5 rings (SSSR count). The van der Waals surface area contributed by atoms with Crippen LogP contribution in [-0.2, 0) is 9.73 Å². The number of H-pyrrole nitrogens is 1. The van der Waals surface area contributed by atoms with Gasteiger partial charge in [0.2, 0.25) is 11.8 Å². The Morgan fingerprint density at radius 2 is 1.91 bits per heavy atom. The lowest BCUT2D eigenvalue weighted by Gasteiger charge is -2.14. The lowest BCUT2D eigenvalue weighted by molar-refractivity contribution is 0.463. The van der Waals surface area contributed by atoms with E-state index in [1.807, 2.05) is 30.5 Å². The molecule has 0 spiro atoms. The molecule has 1 atom stereocenters. The molecule has 8 nitrogen and oxygen atoms in total. The molecule has 0 saturated heterocycles. The van der Waals surface area contributed by atoms with Crippen molar-refractivity contribution in [2.75, 3.05) is 11.6 Å². The van der Waals surface area contributed by atoms with Gasteiger partial charge in [0.25, 0.3) is 0 Å². The van der Waals surface area contributed by atoms with E-state index >= 15 is 0 Å². The number of rotatable bonds is 6. The van der Waals surface area contributed by atoms with Gasteiger partial charge < -0.3 is 15.0 Å². The van der Waals surface area contributed by atoms with Crippen molar-refractivity contribution in [2.24, 2.45) is 0 Å². The second kappa shape index (κ2) is 8.77. The van der Waals surface area contributed by atoms with Crippen LogP contribution < -0.4 is 10.1 Å². The Balaban J connectivity index is 1.55. The highest BCUT2D eigenvalue weighted by Crippen LogP contribution is 2.35. The smallest absolute Gasteiger partial charge is 0.227 e. The van der Waals surface area contributed by atoms with Gasteiger partial charge in [-0.3, -0.25) is 0 Å². The summed E-state index contributed by atoms with van der Waals surface area (Å²) in [6.07, 6.45) is 6.36. The molecule has 0 fully saturated rings. The van der Waals surface area contributed by atoms with Crippen molar-refractivity contribution in [3.05, 3.63) is 84.3 Å². The molecular weight excluding hydrogens is 472 g/mol. The first kappa shape index (κ1) is 21.9. The number of nitrogens with zero attached hydrogens (tertiary/aromatic N) is 3. The van der Waals surface area contributed by atoms with Crippen LogP contribution in [0.5, 0.6) is 11.6 Å². The Labute approximate surface area is 201 Å². The molecule has 0 saturated carbocycles. The molecule has 0 aliphatic carbocycles. The predicted molar refractivity (Wildman–Crippen MR) is 133 cm³/mol. The number of aromatic amines is 1. The molecular formula is C24H19ClN6O2S. The summed E-state index contributed by atoms with van der Waals surface area (Å²) in [7, 11) is -2.95. The maximum absolute atomic E-state index is 12.3. The first-order chi connectivity index (χ1) is 16.4. The molecule has 0 aliphatic heterocycles. The molecule has 5 aromatic rings. The van der Waals surface area contributed by atoms with Crippen LogP contribution in [0.15, 0.2) is 84.1 Å².